The molecule has 3 aromatic rings. The summed E-state index contributed by atoms with van der Waals surface area (Å²) in [4.78, 5) is 45.5. The lowest BCUT2D eigenvalue weighted by atomic mass is 9.97. The number of carbonyl (C=O) groups is 3. The third-order valence-corrected chi connectivity index (χ3v) is 6.99. The second-order valence-corrected chi connectivity index (χ2v) is 9.71. The molecule has 35 heavy (non-hydrogen) atoms. The van der Waals surface area contributed by atoms with Crippen LogP contribution in [0.2, 0.25) is 0 Å². The third-order valence-electron chi connectivity index (χ3n) is 6.11. The Labute approximate surface area is 208 Å². The van der Waals surface area contributed by atoms with Crippen LogP contribution in [-0.2, 0) is 20.9 Å². The van der Waals surface area contributed by atoms with Crippen LogP contribution in [0.3, 0.4) is 0 Å². The van der Waals surface area contributed by atoms with E-state index in [0.717, 1.165) is 22.4 Å². The van der Waals surface area contributed by atoms with Gasteiger partial charge in [0.1, 0.15) is 6.61 Å². The molecule has 1 saturated heterocycles. The number of furan rings is 1. The van der Waals surface area contributed by atoms with Gasteiger partial charge in [-0.25, -0.2) is 4.98 Å². The number of aromatic nitrogens is 1. The Morgan fingerprint density at radius 2 is 1.86 bits per heavy atom. The number of rotatable bonds is 6. The molecule has 2 amide bonds. The molecule has 3 heterocycles. The molecule has 0 bridgehead atoms. The zero-order chi connectivity index (χ0) is 25.1. The maximum absolute atomic E-state index is 12.6. The summed E-state index contributed by atoms with van der Waals surface area (Å²) >= 11 is 1.34. The smallest absolute Gasteiger partial charge is 0.309 e. The van der Waals surface area contributed by atoms with E-state index in [-0.39, 0.29) is 30.3 Å². The predicted octanol–water partition coefficient (Wildman–Crippen LogP) is 4.94. The second kappa shape index (κ2) is 10.4. The fraction of sp³-hybridized carbons (Fsp3) is 0.385. The minimum absolute atomic E-state index is 0.0402. The van der Waals surface area contributed by atoms with Crippen molar-refractivity contribution in [3.05, 3.63) is 64.1 Å². The molecule has 1 aromatic carbocycles. The van der Waals surface area contributed by atoms with Crippen LogP contribution in [0.4, 0.5) is 10.8 Å². The average Bonchev–Trinajstić information content (AvgIpc) is 3.51. The van der Waals surface area contributed by atoms with Crippen LogP contribution in [-0.4, -0.2) is 40.8 Å². The van der Waals surface area contributed by atoms with Crippen molar-refractivity contribution in [3.63, 3.8) is 0 Å². The summed E-state index contributed by atoms with van der Waals surface area (Å²) in [5.41, 5.74) is 4.56. The number of carbonyl (C=O) groups excluding carboxylic acids is 3. The predicted molar refractivity (Wildman–Crippen MR) is 133 cm³/mol. The van der Waals surface area contributed by atoms with Gasteiger partial charge in [0.05, 0.1) is 23.6 Å². The SMILES string of the molecule is CC(=O)N(c1nc(COC(=O)C2CCN(C(=O)c3ccco3)CC2)cs1)c1c(C)cc(C)cc1C. The number of aryl methyl sites for hydroxylation is 3. The van der Waals surface area contributed by atoms with Crippen LogP contribution in [0.25, 0.3) is 0 Å². The highest BCUT2D eigenvalue weighted by Crippen LogP contribution is 2.34. The first-order valence-corrected chi connectivity index (χ1v) is 12.4. The number of benzene rings is 1. The molecule has 0 unspecified atom stereocenters. The molecule has 0 N–H and O–H groups in total. The van der Waals surface area contributed by atoms with Gasteiger partial charge in [-0.05, 0) is 56.9 Å². The third kappa shape index (κ3) is 5.45. The topological polar surface area (TPSA) is 93.0 Å². The summed E-state index contributed by atoms with van der Waals surface area (Å²) in [6, 6.07) is 7.41. The normalized spacial score (nSPS) is 14.1. The summed E-state index contributed by atoms with van der Waals surface area (Å²) in [6.07, 6.45) is 2.55. The lowest BCUT2D eigenvalue weighted by Gasteiger charge is -2.30. The van der Waals surface area contributed by atoms with Crippen molar-refractivity contribution in [2.24, 2.45) is 5.92 Å². The maximum Gasteiger partial charge on any atom is 0.309 e. The number of hydrogen-bond acceptors (Lipinski definition) is 7. The van der Waals surface area contributed by atoms with Crippen molar-refractivity contribution in [2.75, 3.05) is 18.0 Å². The van der Waals surface area contributed by atoms with Gasteiger partial charge in [0.25, 0.3) is 5.91 Å². The van der Waals surface area contributed by atoms with Crippen molar-refractivity contribution in [1.29, 1.82) is 0 Å². The zero-order valence-electron chi connectivity index (χ0n) is 20.4. The van der Waals surface area contributed by atoms with Crippen LogP contribution in [0.5, 0.6) is 0 Å². The van der Waals surface area contributed by atoms with Crippen LogP contribution in [0.1, 0.15) is 52.7 Å². The molecule has 1 fully saturated rings. The summed E-state index contributed by atoms with van der Waals surface area (Å²) in [6.45, 7) is 8.50. The largest absolute Gasteiger partial charge is 0.459 e. The van der Waals surface area contributed by atoms with Gasteiger partial charge >= 0.3 is 5.97 Å². The van der Waals surface area contributed by atoms with E-state index in [1.807, 2.05) is 38.3 Å². The molecule has 0 radical (unpaired) electrons. The minimum Gasteiger partial charge on any atom is -0.459 e. The highest BCUT2D eigenvalue weighted by atomic mass is 32.1. The zero-order valence-corrected chi connectivity index (χ0v) is 21.2. The first kappa shape index (κ1) is 24.7. The maximum atomic E-state index is 12.6. The summed E-state index contributed by atoms with van der Waals surface area (Å²) in [7, 11) is 0. The standard InChI is InChI=1S/C26H29N3O5S/c1-16-12-17(2)23(18(3)13-16)29(19(4)30)26-27-21(15-35-26)14-34-25(32)20-7-9-28(10-8-20)24(31)22-6-5-11-33-22/h5-6,11-13,15,20H,7-10,14H2,1-4H3. The molecular formula is C26H29N3O5S. The quantitative estimate of drug-likeness (QED) is 0.450. The highest BCUT2D eigenvalue weighted by molar-refractivity contribution is 7.14. The van der Waals surface area contributed by atoms with Gasteiger partial charge in [-0.2, -0.15) is 0 Å². The fourth-order valence-electron chi connectivity index (χ4n) is 4.52. The number of nitrogens with zero attached hydrogens (tertiary/aromatic N) is 3. The van der Waals surface area contributed by atoms with Gasteiger partial charge in [0.2, 0.25) is 5.91 Å². The van der Waals surface area contributed by atoms with Gasteiger partial charge in [-0.15, -0.1) is 11.3 Å². The molecule has 0 spiro atoms. The number of hydrogen-bond donors (Lipinski definition) is 0. The van der Waals surface area contributed by atoms with Gasteiger partial charge in [-0.1, -0.05) is 17.7 Å². The van der Waals surface area contributed by atoms with Gasteiger partial charge in [-0.3, -0.25) is 19.3 Å². The second-order valence-electron chi connectivity index (χ2n) is 8.87. The molecule has 8 nitrogen and oxygen atoms in total. The van der Waals surface area contributed by atoms with E-state index in [9.17, 15) is 14.4 Å². The highest BCUT2D eigenvalue weighted by Gasteiger charge is 2.30. The number of esters is 1. The number of likely N-dealkylation sites (tertiary alicyclic amines) is 1. The molecule has 4 rings (SSSR count). The Morgan fingerprint density at radius 3 is 2.46 bits per heavy atom. The van der Waals surface area contributed by atoms with Gasteiger partial charge < -0.3 is 14.1 Å². The lowest BCUT2D eigenvalue weighted by molar-refractivity contribution is -0.151. The lowest BCUT2D eigenvalue weighted by Crippen LogP contribution is -2.40. The van der Waals surface area contributed by atoms with Crippen LogP contribution >= 0.6 is 11.3 Å². The van der Waals surface area contributed by atoms with Crippen molar-refractivity contribution < 1.29 is 23.5 Å². The number of amides is 2. The van der Waals surface area contributed by atoms with E-state index < -0.39 is 0 Å². The van der Waals surface area contributed by atoms with E-state index in [1.165, 1.54) is 24.5 Å². The van der Waals surface area contributed by atoms with Crippen molar-refractivity contribution in [2.45, 2.75) is 47.1 Å². The molecular weight excluding hydrogens is 466 g/mol. The van der Waals surface area contributed by atoms with Crippen molar-refractivity contribution in [3.8, 4) is 0 Å². The Morgan fingerprint density at radius 1 is 1.17 bits per heavy atom. The van der Waals surface area contributed by atoms with Crippen molar-refractivity contribution >= 4 is 39.9 Å². The summed E-state index contributed by atoms with van der Waals surface area (Å²) in [5.74, 6) is -0.542. The molecule has 0 aliphatic carbocycles. The molecule has 184 valence electrons. The van der Waals surface area contributed by atoms with E-state index in [0.29, 0.717) is 42.5 Å². The molecule has 0 saturated carbocycles. The van der Waals surface area contributed by atoms with Crippen LogP contribution in [0.15, 0.2) is 40.3 Å². The molecule has 1 aliphatic rings. The Balaban J connectivity index is 1.36. The minimum atomic E-state index is -0.293. The Kier molecular flexibility index (Phi) is 7.35. The number of anilines is 2. The molecule has 1 aliphatic heterocycles. The van der Waals surface area contributed by atoms with E-state index in [4.69, 9.17) is 9.15 Å². The van der Waals surface area contributed by atoms with E-state index in [1.54, 1.807) is 21.9 Å². The summed E-state index contributed by atoms with van der Waals surface area (Å²) in [5, 5.41) is 2.35. The summed E-state index contributed by atoms with van der Waals surface area (Å²) < 4.78 is 10.7. The Hall–Kier alpha value is -3.46. The first-order valence-electron chi connectivity index (χ1n) is 11.6. The van der Waals surface area contributed by atoms with Crippen LogP contribution < -0.4 is 4.90 Å². The number of ether oxygens (including phenoxy) is 1. The van der Waals surface area contributed by atoms with Crippen LogP contribution in [0, 0.1) is 26.7 Å². The molecule has 2 aromatic heterocycles. The molecule has 0 atom stereocenters. The average molecular weight is 496 g/mol. The number of thiazole rings is 1. The monoisotopic (exact) mass is 495 g/mol. The Bertz CT molecular complexity index is 1200. The first-order chi connectivity index (χ1) is 16.7. The molecule has 9 heteroatoms. The number of piperidine rings is 1. The van der Waals surface area contributed by atoms with Gasteiger partial charge in [0.15, 0.2) is 10.9 Å². The van der Waals surface area contributed by atoms with Crippen molar-refractivity contribution in [1.82, 2.24) is 9.88 Å². The van der Waals surface area contributed by atoms with E-state index in [2.05, 4.69) is 4.98 Å². The van der Waals surface area contributed by atoms with E-state index >= 15 is 0 Å². The van der Waals surface area contributed by atoms with Gasteiger partial charge in [0, 0.05) is 25.4 Å². The fourth-order valence-corrected chi connectivity index (χ4v) is 5.37.